The molecule has 14 heavy (non-hydrogen) atoms. The summed E-state index contributed by atoms with van der Waals surface area (Å²) < 4.78 is 5.37. The zero-order valence-corrected chi connectivity index (χ0v) is 9.58. The predicted octanol–water partition coefficient (Wildman–Crippen LogP) is 2.81. The zero-order valence-electron chi connectivity index (χ0n) is 9.58. The first-order valence-electron chi connectivity index (χ1n) is 5.76. The first-order valence-corrected chi connectivity index (χ1v) is 5.76. The molecule has 0 aromatic rings. The highest BCUT2D eigenvalue weighted by atomic mass is 16.5. The van der Waals surface area contributed by atoms with Crippen LogP contribution in [0.1, 0.15) is 46.0 Å². The SMILES string of the molecule is CCCC(=O)C(OC)C1CCCC1C. The highest BCUT2D eigenvalue weighted by molar-refractivity contribution is 5.83. The van der Waals surface area contributed by atoms with Crippen molar-refractivity contribution in [3.8, 4) is 0 Å². The van der Waals surface area contributed by atoms with Gasteiger partial charge in [0, 0.05) is 13.5 Å². The lowest BCUT2D eigenvalue weighted by molar-refractivity contribution is -0.132. The van der Waals surface area contributed by atoms with Gasteiger partial charge in [-0.25, -0.2) is 0 Å². The number of carbonyl (C=O) groups is 1. The van der Waals surface area contributed by atoms with Crippen LogP contribution in [0.4, 0.5) is 0 Å². The summed E-state index contributed by atoms with van der Waals surface area (Å²) in [6.07, 6.45) is 5.14. The van der Waals surface area contributed by atoms with E-state index in [4.69, 9.17) is 4.74 Å². The topological polar surface area (TPSA) is 26.3 Å². The first kappa shape index (κ1) is 11.7. The summed E-state index contributed by atoms with van der Waals surface area (Å²) in [5, 5.41) is 0. The van der Waals surface area contributed by atoms with Gasteiger partial charge in [-0.05, 0) is 24.7 Å². The standard InChI is InChI=1S/C12H22O2/c1-4-6-11(13)12(14-3)10-8-5-7-9(10)2/h9-10,12H,4-8H2,1-3H3. The molecule has 0 N–H and O–H groups in total. The van der Waals surface area contributed by atoms with Crippen LogP contribution >= 0.6 is 0 Å². The van der Waals surface area contributed by atoms with Gasteiger partial charge in [0.1, 0.15) is 6.10 Å². The Kier molecular flexibility index (Phi) is 4.59. The van der Waals surface area contributed by atoms with Gasteiger partial charge in [0.2, 0.25) is 0 Å². The van der Waals surface area contributed by atoms with Gasteiger partial charge in [0.25, 0.3) is 0 Å². The normalized spacial score (nSPS) is 29.1. The number of hydrogen-bond donors (Lipinski definition) is 0. The smallest absolute Gasteiger partial charge is 0.161 e. The molecule has 0 amide bonds. The molecule has 0 spiro atoms. The van der Waals surface area contributed by atoms with Crippen LogP contribution in [0.3, 0.4) is 0 Å². The fraction of sp³-hybridized carbons (Fsp3) is 0.917. The first-order chi connectivity index (χ1) is 6.70. The maximum Gasteiger partial charge on any atom is 0.161 e. The van der Waals surface area contributed by atoms with Crippen molar-refractivity contribution < 1.29 is 9.53 Å². The van der Waals surface area contributed by atoms with E-state index >= 15 is 0 Å². The van der Waals surface area contributed by atoms with Gasteiger partial charge in [0.15, 0.2) is 5.78 Å². The van der Waals surface area contributed by atoms with Crippen LogP contribution in [0.15, 0.2) is 0 Å². The molecular formula is C12H22O2. The van der Waals surface area contributed by atoms with E-state index in [1.807, 2.05) is 6.92 Å². The summed E-state index contributed by atoms with van der Waals surface area (Å²) in [6.45, 7) is 4.28. The van der Waals surface area contributed by atoms with E-state index in [0.29, 0.717) is 24.0 Å². The minimum Gasteiger partial charge on any atom is -0.373 e. The van der Waals surface area contributed by atoms with E-state index in [1.165, 1.54) is 12.8 Å². The van der Waals surface area contributed by atoms with Crippen molar-refractivity contribution in [1.29, 1.82) is 0 Å². The molecule has 3 unspecified atom stereocenters. The molecule has 0 saturated heterocycles. The number of rotatable bonds is 5. The maximum atomic E-state index is 11.8. The fourth-order valence-electron chi connectivity index (χ4n) is 2.56. The molecule has 1 rings (SSSR count). The molecule has 3 atom stereocenters. The lowest BCUT2D eigenvalue weighted by Crippen LogP contribution is -2.32. The summed E-state index contributed by atoms with van der Waals surface area (Å²) >= 11 is 0. The fourth-order valence-corrected chi connectivity index (χ4v) is 2.56. The number of carbonyl (C=O) groups excluding carboxylic acids is 1. The number of Topliss-reactive ketones (excluding diaryl/α,β-unsaturated/α-hetero) is 1. The summed E-state index contributed by atoms with van der Waals surface area (Å²) in [5.74, 6) is 1.42. The third kappa shape index (κ3) is 2.57. The molecule has 0 aliphatic heterocycles. The van der Waals surface area contributed by atoms with Crippen LogP contribution in [-0.4, -0.2) is 19.0 Å². The van der Waals surface area contributed by atoms with Gasteiger partial charge < -0.3 is 4.74 Å². The third-order valence-corrected chi connectivity index (χ3v) is 3.38. The van der Waals surface area contributed by atoms with Crippen molar-refractivity contribution in [1.82, 2.24) is 0 Å². The van der Waals surface area contributed by atoms with Crippen molar-refractivity contribution >= 4 is 5.78 Å². The van der Waals surface area contributed by atoms with E-state index in [-0.39, 0.29) is 6.10 Å². The van der Waals surface area contributed by atoms with Gasteiger partial charge in [-0.2, -0.15) is 0 Å². The molecule has 2 nitrogen and oxygen atoms in total. The Labute approximate surface area is 87.0 Å². The summed E-state index contributed by atoms with van der Waals surface area (Å²) in [6, 6.07) is 0. The third-order valence-electron chi connectivity index (χ3n) is 3.38. The highest BCUT2D eigenvalue weighted by Gasteiger charge is 2.34. The van der Waals surface area contributed by atoms with Crippen molar-refractivity contribution in [2.45, 2.75) is 52.1 Å². The molecule has 0 aromatic carbocycles. The van der Waals surface area contributed by atoms with Crippen molar-refractivity contribution in [3.05, 3.63) is 0 Å². The Morgan fingerprint density at radius 2 is 2.21 bits per heavy atom. The summed E-state index contributed by atoms with van der Waals surface area (Å²) in [4.78, 5) is 11.8. The quantitative estimate of drug-likeness (QED) is 0.679. The lowest BCUT2D eigenvalue weighted by Gasteiger charge is -2.24. The molecule has 1 fully saturated rings. The minimum absolute atomic E-state index is 0.132. The Morgan fingerprint density at radius 3 is 2.64 bits per heavy atom. The largest absolute Gasteiger partial charge is 0.373 e. The van der Waals surface area contributed by atoms with Crippen molar-refractivity contribution in [3.63, 3.8) is 0 Å². The van der Waals surface area contributed by atoms with Crippen molar-refractivity contribution in [2.24, 2.45) is 11.8 Å². The number of ketones is 1. The van der Waals surface area contributed by atoms with Crippen LogP contribution in [0.25, 0.3) is 0 Å². The van der Waals surface area contributed by atoms with Crippen molar-refractivity contribution in [2.75, 3.05) is 7.11 Å². The second-order valence-corrected chi connectivity index (χ2v) is 4.44. The molecule has 1 aliphatic carbocycles. The number of methoxy groups -OCH3 is 1. The molecule has 0 radical (unpaired) electrons. The molecule has 0 heterocycles. The molecule has 0 aromatic heterocycles. The lowest BCUT2D eigenvalue weighted by atomic mass is 9.88. The molecule has 1 aliphatic rings. The van der Waals surface area contributed by atoms with E-state index in [9.17, 15) is 4.79 Å². The maximum absolute atomic E-state index is 11.8. The molecule has 0 bridgehead atoms. The minimum atomic E-state index is -0.132. The van der Waals surface area contributed by atoms with Gasteiger partial charge >= 0.3 is 0 Å². The van der Waals surface area contributed by atoms with Crippen LogP contribution in [0, 0.1) is 11.8 Å². The second kappa shape index (κ2) is 5.50. The van der Waals surface area contributed by atoms with Crippen LogP contribution < -0.4 is 0 Å². The van der Waals surface area contributed by atoms with Gasteiger partial charge in [-0.3, -0.25) is 4.79 Å². The Bertz CT molecular complexity index is 189. The number of ether oxygens (including phenoxy) is 1. The summed E-state index contributed by atoms with van der Waals surface area (Å²) in [5.41, 5.74) is 0. The van der Waals surface area contributed by atoms with E-state index in [0.717, 1.165) is 12.8 Å². The zero-order chi connectivity index (χ0) is 10.6. The van der Waals surface area contributed by atoms with E-state index in [2.05, 4.69) is 6.92 Å². The van der Waals surface area contributed by atoms with Crippen LogP contribution in [-0.2, 0) is 9.53 Å². The predicted molar refractivity (Wildman–Crippen MR) is 57.2 cm³/mol. The highest BCUT2D eigenvalue weighted by Crippen LogP contribution is 2.35. The number of hydrogen-bond acceptors (Lipinski definition) is 2. The molecule has 82 valence electrons. The Balaban J connectivity index is 2.56. The molecule has 1 saturated carbocycles. The second-order valence-electron chi connectivity index (χ2n) is 4.44. The van der Waals surface area contributed by atoms with Crippen LogP contribution in [0.2, 0.25) is 0 Å². The Morgan fingerprint density at radius 1 is 1.50 bits per heavy atom. The Hall–Kier alpha value is -0.370. The van der Waals surface area contributed by atoms with Gasteiger partial charge in [0.05, 0.1) is 0 Å². The van der Waals surface area contributed by atoms with Gasteiger partial charge in [-0.15, -0.1) is 0 Å². The van der Waals surface area contributed by atoms with Crippen LogP contribution in [0.5, 0.6) is 0 Å². The average Bonchev–Trinajstić information content (AvgIpc) is 2.54. The monoisotopic (exact) mass is 198 g/mol. The van der Waals surface area contributed by atoms with E-state index < -0.39 is 0 Å². The molecular weight excluding hydrogens is 176 g/mol. The average molecular weight is 198 g/mol. The summed E-state index contributed by atoms with van der Waals surface area (Å²) in [7, 11) is 1.67. The molecule has 2 heteroatoms. The van der Waals surface area contributed by atoms with Gasteiger partial charge in [-0.1, -0.05) is 26.7 Å². The van der Waals surface area contributed by atoms with E-state index in [1.54, 1.807) is 7.11 Å².